The van der Waals surface area contributed by atoms with Crippen LogP contribution in [0.15, 0.2) is 18.2 Å². The lowest BCUT2D eigenvalue weighted by Crippen LogP contribution is -2.15. The first kappa shape index (κ1) is 12.6. The van der Waals surface area contributed by atoms with Crippen molar-refractivity contribution >= 4 is 0 Å². The largest absolute Gasteiger partial charge is 0.322 e. The molecule has 0 saturated heterocycles. The highest BCUT2D eigenvalue weighted by atomic mass is 19.1. The Labute approximate surface area is 103 Å². The fourth-order valence-corrected chi connectivity index (χ4v) is 1.69. The highest BCUT2D eigenvalue weighted by Crippen LogP contribution is 2.10. The van der Waals surface area contributed by atoms with E-state index in [4.69, 9.17) is 5.73 Å². The van der Waals surface area contributed by atoms with Gasteiger partial charge in [-0.3, -0.25) is 0 Å². The summed E-state index contributed by atoms with van der Waals surface area (Å²) in [5.74, 6) is -0.630. The molecule has 5 nitrogen and oxygen atoms in total. The van der Waals surface area contributed by atoms with E-state index >= 15 is 0 Å². The SMILES string of the molecule is CC(N)c1nnnn1CCc1cc(F)cc(F)c1. The molecule has 18 heavy (non-hydrogen) atoms. The number of tetrazole rings is 1. The van der Waals surface area contributed by atoms with Crippen LogP contribution in [0.1, 0.15) is 24.4 Å². The van der Waals surface area contributed by atoms with Crippen LogP contribution in [-0.4, -0.2) is 20.2 Å². The van der Waals surface area contributed by atoms with Crippen LogP contribution in [0, 0.1) is 11.6 Å². The second kappa shape index (κ2) is 5.18. The number of aryl methyl sites for hydroxylation is 2. The highest BCUT2D eigenvalue weighted by Gasteiger charge is 2.10. The smallest absolute Gasteiger partial charge is 0.167 e. The van der Waals surface area contributed by atoms with Crippen molar-refractivity contribution < 1.29 is 8.78 Å². The van der Waals surface area contributed by atoms with Crippen molar-refractivity contribution in [1.29, 1.82) is 0 Å². The first-order valence-electron chi connectivity index (χ1n) is 5.53. The molecule has 1 heterocycles. The zero-order valence-electron chi connectivity index (χ0n) is 9.85. The number of nitrogens with two attached hydrogens (primary N) is 1. The van der Waals surface area contributed by atoms with Gasteiger partial charge in [-0.15, -0.1) is 5.10 Å². The summed E-state index contributed by atoms with van der Waals surface area (Å²) in [6, 6.07) is 3.13. The molecule has 0 aliphatic heterocycles. The molecule has 1 aromatic carbocycles. The Bertz CT molecular complexity index is 518. The Morgan fingerprint density at radius 3 is 2.56 bits per heavy atom. The van der Waals surface area contributed by atoms with E-state index in [0.717, 1.165) is 6.07 Å². The van der Waals surface area contributed by atoms with Gasteiger partial charge < -0.3 is 5.73 Å². The van der Waals surface area contributed by atoms with E-state index in [9.17, 15) is 8.78 Å². The third-order valence-corrected chi connectivity index (χ3v) is 2.50. The van der Waals surface area contributed by atoms with Crippen LogP contribution in [0.4, 0.5) is 8.78 Å². The minimum atomic E-state index is -0.589. The maximum atomic E-state index is 13.0. The molecule has 2 N–H and O–H groups in total. The molecule has 2 rings (SSSR count). The number of rotatable bonds is 4. The lowest BCUT2D eigenvalue weighted by molar-refractivity contribution is 0.536. The average molecular weight is 253 g/mol. The average Bonchev–Trinajstić information content (AvgIpc) is 2.73. The molecule has 0 amide bonds. The molecule has 0 saturated carbocycles. The Morgan fingerprint density at radius 1 is 1.28 bits per heavy atom. The number of hydrogen-bond acceptors (Lipinski definition) is 4. The Balaban J connectivity index is 2.09. The van der Waals surface area contributed by atoms with Crippen molar-refractivity contribution in [3.05, 3.63) is 41.2 Å². The Hall–Kier alpha value is -1.89. The topological polar surface area (TPSA) is 69.6 Å². The number of hydrogen-bond donors (Lipinski definition) is 1. The molecular formula is C11H13F2N5. The number of nitrogens with zero attached hydrogens (tertiary/aromatic N) is 4. The van der Waals surface area contributed by atoms with Crippen molar-refractivity contribution in [3.63, 3.8) is 0 Å². The summed E-state index contributed by atoms with van der Waals surface area (Å²) in [7, 11) is 0. The lowest BCUT2D eigenvalue weighted by Gasteiger charge is -2.07. The van der Waals surface area contributed by atoms with Crippen LogP contribution in [-0.2, 0) is 13.0 Å². The highest BCUT2D eigenvalue weighted by molar-refractivity contribution is 5.17. The number of benzene rings is 1. The third kappa shape index (κ3) is 2.86. The molecule has 0 spiro atoms. The predicted octanol–water partition coefficient (Wildman–Crippen LogP) is 1.21. The van der Waals surface area contributed by atoms with E-state index in [1.54, 1.807) is 6.92 Å². The van der Waals surface area contributed by atoms with E-state index < -0.39 is 11.6 Å². The van der Waals surface area contributed by atoms with Crippen LogP contribution in [0.3, 0.4) is 0 Å². The normalized spacial score (nSPS) is 12.7. The molecule has 1 aromatic heterocycles. The minimum absolute atomic E-state index is 0.288. The van der Waals surface area contributed by atoms with Crippen molar-refractivity contribution in [2.45, 2.75) is 25.9 Å². The maximum Gasteiger partial charge on any atom is 0.167 e. The molecule has 96 valence electrons. The first-order valence-corrected chi connectivity index (χ1v) is 5.53. The molecule has 2 aromatic rings. The molecule has 0 bridgehead atoms. The van der Waals surface area contributed by atoms with E-state index in [0.29, 0.717) is 24.4 Å². The lowest BCUT2D eigenvalue weighted by atomic mass is 10.1. The van der Waals surface area contributed by atoms with Gasteiger partial charge in [-0.2, -0.15) is 0 Å². The standard InChI is InChI=1S/C11H13F2N5/c1-7(14)11-15-16-17-18(11)3-2-8-4-9(12)6-10(13)5-8/h4-7H,2-3,14H2,1H3. The van der Waals surface area contributed by atoms with Crippen molar-refractivity contribution in [2.75, 3.05) is 0 Å². The van der Waals surface area contributed by atoms with E-state index in [-0.39, 0.29) is 6.04 Å². The van der Waals surface area contributed by atoms with E-state index in [1.165, 1.54) is 16.8 Å². The summed E-state index contributed by atoms with van der Waals surface area (Å²) in [4.78, 5) is 0. The van der Waals surface area contributed by atoms with Gasteiger partial charge in [0.2, 0.25) is 0 Å². The van der Waals surface area contributed by atoms with Gasteiger partial charge in [-0.05, 0) is 41.5 Å². The quantitative estimate of drug-likeness (QED) is 0.889. The van der Waals surface area contributed by atoms with Gasteiger partial charge in [0.05, 0.1) is 6.04 Å². The van der Waals surface area contributed by atoms with Gasteiger partial charge in [-0.25, -0.2) is 13.5 Å². The van der Waals surface area contributed by atoms with Crippen LogP contribution in [0.5, 0.6) is 0 Å². The van der Waals surface area contributed by atoms with Gasteiger partial charge in [0.25, 0.3) is 0 Å². The zero-order valence-corrected chi connectivity index (χ0v) is 9.85. The summed E-state index contributed by atoms with van der Waals surface area (Å²) < 4.78 is 27.5. The molecule has 0 aliphatic rings. The van der Waals surface area contributed by atoms with Crippen molar-refractivity contribution in [2.24, 2.45) is 5.73 Å². The monoisotopic (exact) mass is 253 g/mol. The number of aromatic nitrogens is 4. The van der Waals surface area contributed by atoms with Crippen molar-refractivity contribution in [3.8, 4) is 0 Å². The summed E-state index contributed by atoms with van der Waals surface area (Å²) in [6.07, 6.45) is 0.430. The third-order valence-electron chi connectivity index (χ3n) is 2.50. The summed E-state index contributed by atoms with van der Waals surface area (Å²) in [6.45, 7) is 2.19. The predicted molar refractivity (Wildman–Crippen MR) is 60.5 cm³/mol. The Kier molecular flexibility index (Phi) is 3.61. The van der Waals surface area contributed by atoms with Crippen LogP contribution in [0.25, 0.3) is 0 Å². The molecule has 0 aliphatic carbocycles. The molecule has 0 fully saturated rings. The van der Waals surface area contributed by atoms with Gasteiger partial charge in [0, 0.05) is 12.6 Å². The van der Waals surface area contributed by atoms with Gasteiger partial charge in [0.15, 0.2) is 5.82 Å². The second-order valence-electron chi connectivity index (χ2n) is 4.08. The summed E-state index contributed by atoms with van der Waals surface area (Å²) in [5.41, 5.74) is 6.25. The van der Waals surface area contributed by atoms with Crippen molar-refractivity contribution in [1.82, 2.24) is 20.2 Å². The fraction of sp³-hybridized carbons (Fsp3) is 0.364. The van der Waals surface area contributed by atoms with Gasteiger partial charge >= 0.3 is 0 Å². The fourth-order valence-electron chi connectivity index (χ4n) is 1.69. The maximum absolute atomic E-state index is 13.0. The summed E-state index contributed by atoms with van der Waals surface area (Å²) in [5, 5.41) is 11.1. The molecule has 1 atom stereocenters. The van der Waals surface area contributed by atoms with Crippen LogP contribution in [0.2, 0.25) is 0 Å². The van der Waals surface area contributed by atoms with Gasteiger partial charge in [0.1, 0.15) is 11.6 Å². The summed E-state index contributed by atoms with van der Waals surface area (Å²) >= 11 is 0. The van der Waals surface area contributed by atoms with Crippen LogP contribution < -0.4 is 5.73 Å². The van der Waals surface area contributed by atoms with Gasteiger partial charge in [-0.1, -0.05) is 0 Å². The Morgan fingerprint density at radius 2 is 1.94 bits per heavy atom. The molecule has 1 unspecified atom stereocenters. The van der Waals surface area contributed by atoms with E-state index in [1.807, 2.05) is 0 Å². The molecule has 7 heteroatoms. The number of halogens is 2. The second-order valence-corrected chi connectivity index (χ2v) is 4.08. The molecule has 0 radical (unpaired) electrons. The first-order chi connectivity index (χ1) is 8.56. The van der Waals surface area contributed by atoms with Crippen LogP contribution >= 0.6 is 0 Å². The zero-order chi connectivity index (χ0) is 13.1. The molecular weight excluding hydrogens is 240 g/mol. The van der Waals surface area contributed by atoms with E-state index in [2.05, 4.69) is 15.5 Å². The minimum Gasteiger partial charge on any atom is -0.322 e.